The number of halogens is 1. The molecule has 0 aliphatic carbocycles. The second-order valence-corrected chi connectivity index (χ2v) is 7.07. The third-order valence-electron chi connectivity index (χ3n) is 4.80. The molecule has 2 amide bonds. The minimum absolute atomic E-state index is 0.0251. The SMILES string of the molecule is CCc1ccc(NC(=O)[C@@H]2CCCN(C(=O)c3ccc(Cl)cc3)C2)cc1. The van der Waals surface area contributed by atoms with Crippen LogP contribution in [0, 0.1) is 5.92 Å². The lowest BCUT2D eigenvalue weighted by atomic mass is 9.96. The molecule has 0 aromatic heterocycles. The van der Waals surface area contributed by atoms with Crippen LogP contribution in [0.3, 0.4) is 0 Å². The van der Waals surface area contributed by atoms with Crippen LogP contribution in [0.2, 0.25) is 5.02 Å². The summed E-state index contributed by atoms with van der Waals surface area (Å²) in [6, 6.07) is 14.8. The van der Waals surface area contributed by atoms with E-state index in [1.54, 1.807) is 29.2 Å². The Balaban J connectivity index is 1.62. The highest BCUT2D eigenvalue weighted by molar-refractivity contribution is 6.30. The fourth-order valence-electron chi connectivity index (χ4n) is 3.22. The van der Waals surface area contributed by atoms with E-state index in [4.69, 9.17) is 11.6 Å². The minimum atomic E-state index is -0.189. The van der Waals surface area contributed by atoms with Crippen molar-refractivity contribution in [3.05, 3.63) is 64.7 Å². The summed E-state index contributed by atoms with van der Waals surface area (Å²) in [7, 11) is 0. The number of carbonyl (C=O) groups excluding carboxylic acids is 2. The van der Waals surface area contributed by atoms with Gasteiger partial charge in [0.25, 0.3) is 5.91 Å². The molecule has 3 rings (SSSR count). The molecule has 26 heavy (non-hydrogen) atoms. The number of nitrogens with zero attached hydrogens (tertiary/aromatic N) is 1. The van der Waals surface area contributed by atoms with Gasteiger partial charge in [0.2, 0.25) is 5.91 Å². The minimum Gasteiger partial charge on any atom is -0.338 e. The van der Waals surface area contributed by atoms with Gasteiger partial charge in [-0.1, -0.05) is 30.7 Å². The number of hydrogen-bond donors (Lipinski definition) is 1. The summed E-state index contributed by atoms with van der Waals surface area (Å²) in [5, 5.41) is 3.58. The Morgan fingerprint density at radius 3 is 2.46 bits per heavy atom. The van der Waals surface area contributed by atoms with Crippen LogP contribution in [0.5, 0.6) is 0 Å². The molecule has 1 aliphatic rings. The van der Waals surface area contributed by atoms with Crippen molar-refractivity contribution in [2.75, 3.05) is 18.4 Å². The summed E-state index contributed by atoms with van der Waals surface area (Å²) in [6.07, 6.45) is 2.59. The number of hydrogen-bond acceptors (Lipinski definition) is 2. The molecule has 1 heterocycles. The van der Waals surface area contributed by atoms with Crippen LogP contribution in [-0.2, 0) is 11.2 Å². The van der Waals surface area contributed by atoms with Crippen molar-refractivity contribution in [2.24, 2.45) is 5.92 Å². The molecule has 1 saturated heterocycles. The average Bonchev–Trinajstić information content (AvgIpc) is 2.68. The number of nitrogens with one attached hydrogen (secondary N) is 1. The van der Waals surface area contributed by atoms with Crippen molar-refractivity contribution in [1.29, 1.82) is 0 Å². The van der Waals surface area contributed by atoms with Gasteiger partial charge in [0.15, 0.2) is 0 Å². The topological polar surface area (TPSA) is 49.4 Å². The molecular formula is C21H23ClN2O2. The van der Waals surface area contributed by atoms with Gasteiger partial charge in [-0.2, -0.15) is 0 Å². The van der Waals surface area contributed by atoms with E-state index in [9.17, 15) is 9.59 Å². The number of piperidine rings is 1. The van der Waals surface area contributed by atoms with Crippen LogP contribution in [-0.4, -0.2) is 29.8 Å². The Kier molecular flexibility index (Phi) is 5.94. The van der Waals surface area contributed by atoms with Crippen LogP contribution < -0.4 is 5.32 Å². The zero-order valence-corrected chi connectivity index (χ0v) is 15.6. The lowest BCUT2D eigenvalue weighted by molar-refractivity contribution is -0.121. The normalized spacial score (nSPS) is 17.0. The van der Waals surface area contributed by atoms with E-state index >= 15 is 0 Å². The van der Waals surface area contributed by atoms with Crippen LogP contribution in [0.4, 0.5) is 5.69 Å². The molecule has 4 nitrogen and oxygen atoms in total. The number of likely N-dealkylation sites (tertiary alicyclic amines) is 1. The van der Waals surface area contributed by atoms with Crippen LogP contribution in [0.15, 0.2) is 48.5 Å². The third-order valence-corrected chi connectivity index (χ3v) is 5.05. The molecule has 0 bridgehead atoms. The van der Waals surface area contributed by atoms with Crippen molar-refractivity contribution in [1.82, 2.24) is 4.90 Å². The van der Waals surface area contributed by atoms with E-state index in [0.717, 1.165) is 24.9 Å². The van der Waals surface area contributed by atoms with Gasteiger partial charge in [0, 0.05) is 29.4 Å². The molecule has 1 aliphatic heterocycles. The highest BCUT2D eigenvalue weighted by Crippen LogP contribution is 2.21. The number of carbonyl (C=O) groups is 2. The Labute approximate surface area is 159 Å². The largest absolute Gasteiger partial charge is 0.338 e. The molecule has 1 N–H and O–H groups in total. The lowest BCUT2D eigenvalue weighted by Gasteiger charge is -2.32. The van der Waals surface area contributed by atoms with E-state index in [-0.39, 0.29) is 17.7 Å². The zero-order valence-electron chi connectivity index (χ0n) is 14.9. The molecular weight excluding hydrogens is 348 g/mol. The van der Waals surface area contributed by atoms with Gasteiger partial charge in [0.1, 0.15) is 0 Å². The molecule has 0 unspecified atom stereocenters. The van der Waals surface area contributed by atoms with Crippen LogP contribution >= 0.6 is 11.6 Å². The van der Waals surface area contributed by atoms with Crippen molar-refractivity contribution in [3.8, 4) is 0 Å². The molecule has 2 aromatic carbocycles. The first-order chi connectivity index (χ1) is 12.6. The maximum Gasteiger partial charge on any atom is 0.253 e. The standard InChI is InChI=1S/C21H23ClN2O2/c1-2-15-5-11-19(12-6-15)23-20(25)17-4-3-13-24(14-17)21(26)16-7-9-18(22)10-8-16/h5-12,17H,2-4,13-14H2,1H3,(H,23,25)/t17-/m1/s1. The van der Waals surface area contributed by atoms with Crippen molar-refractivity contribution in [2.45, 2.75) is 26.2 Å². The number of rotatable bonds is 4. The van der Waals surface area contributed by atoms with Crippen LogP contribution in [0.1, 0.15) is 35.7 Å². The highest BCUT2D eigenvalue weighted by Gasteiger charge is 2.29. The van der Waals surface area contributed by atoms with Gasteiger partial charge in [-0.05, 0) is 61.2 Å². The van der Waals surface area contributed by atoms with E-state index in [1.807, 2.05) is 24.3 Å². The highest BCUT2D eigenvalue weighted by atomic mass is 35.5. The first kappa shape index (κ1) is 18.5. The summed E-state index contributed by atoms with van der Waals surface area (Å²) in [4.78, 5) is 27.0. The number of aryl methyl sites for hydroxylation is 1. The monoisotopic (exact) mass is 370 g/mol. The van der Waals surface area contributed by atoms with Gasteiger partial charge in [0.05, 0.1) is 5.92 Å². The maximum absolute atomic E-state index is 12.7. The van der Waals surface area contributed by atoms with Gasteiger partial charge in [-0.25, -0.2) is 0 Å². The summed E-state index contributed by atoms with van der Waals surface area (Å²) in [6.45, 7) is 3.22. The summed E-state index contributed by atoms with van der Waals surface area (Å²) in [5.74, 6) is -0.264. The number of benzene rings is 2. The number of anilines is 1. The van der Waals surface area contributed by atoms with E-state index in [0.29, 0.717) is 23.7 Å². The smallest absolute Gasteiger partial charge is 0.253 e. The summed E-state index contributed by atoms with van der Waals surface area (Å²) < 4.78 is 0. The Morgan fingerprint density at radius 1 is 1.12 bits per heavy atom. The lowest BCUT2D eigenvalue weighted by Crippen LogP contribution is -2.43. The predicted molar refractivity (Wildman–Crippen MR) is 105 cm³/mol. The quantitative estimate of drug-likeness (QED) is 0.867. The molecule has 136 valence electrons. The molecule has 0 radical (unpaired) electrons. The van der Waals surface area contributed by atoms with E-state index < -0.39 is 0 Å². The predicted octanol–water partition coefficient (Wildman–Crippen LogP) is 4.39. The molecule has 0 spiro atoms. The third kappa shape index (κ3) is 4.44. The summed E-state index contributed by atoms with van der Waals surface area (Å²) in [5.41, 5.74) is 2.64. The van der Waals surface area contributed by atoms with Gasteiger partial charge < -0.3 is 10.2 Å². The van der Waals surface area contributed by atoms with Gasteiger partial charge in [-0.15, -0.1) is 0 Å². The second kappa shape index (κ2) is 8.37. The molecule has 5 heteroatoms. The van der Waals surface area contributed by atoms with Gasteiger partial charge in [-0.3, -0.25) is 9.59 Å². The fourth-order valence-corrected chi connectivity index (χ4v) is 3.34. The Morgan fingerprint density at radius 2 is 1.81 bits per heavy atom. The molecule has 2 aromatic rings. The zero-order chi connectivity index (χ0) is 18.5. The first-order valence-corrected chi connectivity index (χ1v) is 9.39. The van der Waals surface area contributed by atoms with E-state index in [1.165, 1.54) is 5.56 Å². The average molecular weight is 371 g/mol. The van der Waals surface area contributed by atoms with Crippen LogP contribution in [0.25, 0.3) is 0 Å². The van der Waals surface area contributed by atoms with Gasteiger partial charge >= 0.3 is 0 Å². The fraction of sp³-hybridized carbons (Fsp3) is 0.333. The van der Waals surface area contributed by atoms with Crippen molar-refractivity contribution < 1.29 is 9.59 Å². The molecule has 1 atom stereocenters. The Hall–Kier alpha value is -2.33. The second-order valence-electron chi connectivity index (χ2n) is 6.64. The van der Waals surface area contributed by atoms with E-state index in [2.05, 4.69) is 12.2 Å². The Bertz CT molecular complexity index is 772. The number of amides is 2. The van der Waals surface area contributed by atoms with Crippen molar-refractivity contribution in [3.63, 3.8) is 0 Å². The first-order valence-electron chi connectivity index (χ1n) is 9.01. The maximum atomic E-state index is 12.7. The molecule has 0 saturated carbocycles. The summed E-state index contributed by atoms with van der Waals surface area (Å²) >= 11 is 5.89. The van der Waals surface area contributed by atoms with Crippen molar-refractivity contribution >= 4 is 29.1 Å². The molecule has 1 fully saturated rings.